The van der Waals surface area contributed by atoms with Gasteiger partial charge in [-0.05, 0) is 31.7 Å². The molecule has 1 N–H and O–H groups in total. The third-order valence-corrected chi connectivity index (χ3v) is 3.62. The molecule has 1 fully saturated rings. The highest BCUT2D eigenvalue weighted by molar-refractivity contribution is 4.80. The van der Waals surface area contributed by atoms with E-state index in [0.29, 0.717) is 6.04 Å². The fourth-order valence-electron chi connectivity index (χ4n) is 2.65. The topological polar surface area (TPSA) is 21.3 Å². The van der Waals surface area contributed by atoms with Gasteiger partial charge in [0.2, 0.25) is 0 Å². The van der Waals surface area contributed by atoms with Crippen molar-refractivity contribution in [3.63, 3.8) is 0 Å². The second-order valence-electron chi connectivity index (χ2n) is 4.99. The molecule has 0 spiro atoms. The summed E-state index contributed by atoms with van der Waals surface area (Å²) in [5.41, 5.74) is 0. The first kappa shape index (κ1) is 14.0. The van der Waals surface area contributed by atoms with Crippen LogP contribution in [-0.4, -0.2) is 25.8 Å². The predicted molar refractivity (Wildman–Crippen MR) is 69.8 cm³/mol. The van der Waals surface area contributed by atoms with Crippen LogP contribution in [0.3, 0.4) is 0 Å². The van der Waals surface area contributed by atoms with Gasteiger partial charge in [-0.15, -0.1) is 0 Å². The highest BCUT2D eigenvalue weighted by atomic mass is 16.5. The van der Waals surface area contributed by atoms with Crippen LogP contribution < -0.4 is 5.32 Å². The molecule has 1 atom stereocenters. The van der Waals surface area contributed by atoms with Gasteiger partial charge in [0, 0.05) is 12.6 Å². The van der Waals surface area contributed by atoms with Crippen molar-refractivity contribution in [1.29, 1.82) is 0 Å². The smallest absolute Gasteiger partial charge is 0.0622 e. The quantitative estimate of drug-likeness (QED) is 0.610. The maximum Gasteiger partial charge on any atom is 0.0622 e. The molecule has 2 nitrogen and oxygen atoms in total. The number of likely N-dealkylation sites (N-methyl/N-ethyl adjacent to an activating group) is 1. The number of ether oxygens (including phenoxy) is 1. The lowest BCUT2D eigenvalue weighted by Crippen LogP contribution is -2.39. The van der Waals surface area contributed by atoms with Crippen molar-refractivity contribution in [3.05, 3.63) is 0 Å². The number of nitrogens with one attached hydrogen (secondary N) is 1. The zero-order chi connectivity index (χ0) is 11.6. The molecule has 0 aromatic rings. The number of unbranched alkanes of at least 4 members (excludes halogenated alkanes) is 2. The van der Waals surface area contributed by atoms with E-state index < -0.39 is 0 Å². The van der Waals surface area contributed by atoms with Crippen molar-refractivity contribution >= 4 is 0 Å². The normalized spacial score (nSPS) is 19.1. The minimum Gasteiger partial charge on any atom is -0.380 e. The Bertz CT molecular complexity index is 155. The van der Waals surface area contributed by atoms with Gasteiger partial charge in [0.15, 0.2) is 0 Å². The second kappa shape index (κ2) is 9.00. The third-order valence-electron chi connectivity index (χ3n) is 3.62. The van der Waals surface area contributed by atoms with Crippen LogP contribution in [0.25, 0.3) is 0 Å². The van der Waals surface area contributed by atoms with E-state index in [9.17, 15) is 0 Å². The van der Waals surface area contributed by atoms with Crippen molar-refractivity contribution in [2.24, 2.45) is 5.92 Å². The summed E-state index contributed by atoms with van der Waals surface area (Å²) in [6.07, 6.45) is 9.44. The zero-order valence-electron chi connectivity index (χ0n) is 11.1. The highest BCUT2D eigenvalue weighted by Crippen LogP contribution is 2.27. The standard InChI is InChI=1S/C14H29NO/c1-3-5-8-11-16-12-14(15-4-2)13-9-6-7-10-13/h13-15H,3-12H2,1-2H3. The van der Waals surface area contributed by atoms with E-state index in [1.165, 1.54) is 44.9 Å². The molecule has 1 saturated carbocycles. The van der Waals surface area contributed by atoms with E-state index in [0.717, 1.165) is 25.7 Å². The maximum atomic E-state index is 5.80. The van der Waals surface area contributed by atoms with E-state index in [4.69, 9.17) is 4.74 Å². The van der Waals surface area contributed by atoms with Crippen LogP contribution in [0, 0.1) is 5.92 Å². The lowest BCUT2D eigenvalue weighted by atomic mass is 9.99. The Morgan fingerprint density at radius 1 is 1.19 bits per heavy atom. The van der Waals surface area contributed by atoms with E-state index >= 15 is 0 Å². The van der Waals surface area contributed by atoms with E-state index in [2.05, 4.69) is 19.2 Å². The van der Waals surface area contributed by atoms with Crippen molar-refractivity contribution in [2.45, 2.75) is 64.8 Å². The van der Waals surface area contributed by atoms with E-state index in [1.807, 2.05) is 0 Å². The van der Waals surface area contributed by atoms with Gasteiger partial charge in [-0.1, -0.05) is 39.5 Å². The molecule has 0 aliphatic heterocycles. The largest absolute Gasteiger partial charge is 0.380 e. The SMILES string of the molecule is CCCCCOCC(NCC)C1CCCC1. The number of rotatable bonds is 9. The Hall–Kier alpha value is -0.0800. The maximum absolute atomic E-state index is 5.80. The molecule has 0 radical (unpaired) electrons. The minimum absolute atomic E-state index is 0.606. The molecule has 96 valence electrons. The van der Waals surface area contributed by atoms with Gasteiger partial charge in [-0.25, -0.2) is 0 Å². The summed E-state index contributed by atoms with van der Waals surface area (Å²) < 4.78 is 5.80. The van der Waals surface area contributed by atoms with Gasteiger partial charge >= 0.3 is 0 Å². The molecule has 0 aromatic heterocycles. The Kier molecular flexibility index (Phi) is 7.87. The molecule has 0 bridgehead atoms. The molecule has 1 aliphatic rings. The van der Waals surface area contributed by atoms with Crippen LogP contribution in [0.2, 0.25) is 0 Å². The lowest BCUT2D eigenvalue weighted by molar-refractivity contribution is 0.0913. The van der Waals surface area contributed by atoms with E-state index in [-0.39, 0.29) is 0 Å². The van der Waals surface area contributed by atoms with Gasteiger partial charge in [-0.3, -0.25) is 0 Å². The van der Waals surface area contributed by atoms with Gasteiger partial charge in [0.1, 0.15) is 0 Å². The first-order chi connectivity index (χ1) is 7.88. The molecule has 2 heteroatoms. The lowest BCUT2D eigenvalue weighted by Gasteiger charge is -2.24. The van der Waals surface area contributed by atoms with Gasteiger partial charge in [0.25, 0.3) is 0 Å². The molecule has 1 rings (SSSR count). The first-order valence-electron chi connectivity index (χ1n) is 7.19. The average Bonchev–Trinajstić information content (AvgIpc) is 2.81. The summed E-state index contributed by atoms with van der Waals surface area (Å²) >= 11 is 0. The van der Waals surface area contributed by atoms with Gasteiger partial charge in [-0.2, -0.15) is 0 Å². The van der Waals surface area contributed by atoms with Crippen LogP contribution in [0.15, 0.2) is 0 Å². The number of hydrogen-bond donors (Lipinski definition) is 1. The molecule has 1 aliphatic carbocycles. The van der Waals surface area contributed by atoms with Gasteiger partial charge in [0.05, 0.1) is 6.61 Å². The first-order valence-corrected chi connectivity index (χ1v) is 7.19. The molecular weight excluding hydrogens is 198 g/mol. The Labute approximate surface area is 101 Å². The molecular formula is C14H29NO. The van der Waals surface area contributed by atoms with Crippen LogP contribution in [0.4, 0.5) is 0 Å². The molecule has 0 amide bonds. The summed E-state index contributed by atoms with van der Waals surface area (Å²) in [6.45, 7) is 7.36. The molecule has 0 heterocycles. The van der Waals surface area contributed by atoms with Crippen molar-refractivity contribution < 1.29 is 4.74 Å². The third kappa shape index (κ3) is 5.31. The minimum atomic E-state index is 0.606. The highest BCUT2D eigenvalue weighted by Gasteiger charge is 2.24. The van der Waals surface area contributed by atoms with Crippen molar-refractivity contribution in [2.75, 3.05) is 19.8 Å². The van der Waals surface area contributed by atoms with Crippen LogP contribution in [-0.2, 0) is 4.74 Å². The fraction of sp³-hybridized carbons (Fsp3) is 1.00. The second-order valence-corrected chi connectivity index (χ2v) is 4.99. The van der Waals surface area contributed by atoms with Gasteiger partial charge < -0.3 is 10.1 Å². The zero-order valence-corrected chi connectivity index (χ0v) is 11.1. The molecule has 1 unspecified atom stereocenters. The summed E-state index contributed by atoms with van der Waals surface area (Å²) in [7, 11) is 0. The summed E-state index contributed by atoms with van der Waals surface area (Å²) in [6, 6.07) is 0.606. The molecule has 16 heavy (non-hydrogen) atoms. The Balaban J connectivity index is 2.12. The van der Waals surface area contributed by atoms with Crippen molar-refractivity contribution in [3.8, 4) is 0 Å². The van der Waals surface area contributed by atoms with Crippen molar-refractivity contribution in [1.82, 2.24) is 5.32 Å². The molecule has 0 saturated heterocycles. The van der Waals surface area contributed by atoms with E-state index in [1.54, 1.807) is 0 Å². The number of hydrogen-bond acceptors (Lipinski definition) is 2. The Morgan fingerprint density at radius 3 is 2.56 bits per heavy atom. The average molecular weight is 227 g/mol. The summed E-state index contributed by atoms with van der Waals surface area (Å²) in [5.74, 6) is 0.867. The Morgan fingerprint density at radius 2 is 1.94 bits per heavy atom. The summed E-state index contributed by atoms with van der Waals surface area (Å²) in [5, 5.41) is 3.59. The summed E-state index contributed by atoms with van der Waals surface area (Å²) in [4.78, 5) is 0. The predicted octanol–water partition coefficient (Wildman–Crippen LogP) is 3.36. The monoisotopic (exact) mass is 227 g/mol. The van der Waals surface area contributed by atoms with Crippen LogP contribution in [0.1, 0.15) is 58.8 Å². The van der Waals surface area contributed by atoms with Crippen LogP contribution in [0.5, 0.6) is 0 Å². The van der Waals surface area contributed by atoms with Crippen LogP contribution >= 0.6 is 0 Å². The molecule has 0 aromatic carbocycles. The fourth-order valence-corrected chi connectivity index (χ4v) is 2.65.